The number of nitro benzene ring substituents is 1. The maximum Gasteiger partial charge on any atom is 0.272 e. The predicted octanol–water partition coefficient (Wildman–Crippen LogP) is 3.28. The van der Waals surface area contributed by atoms with E-state index in [2.05, 4.69) is 20.9 Å². The van der Waals surface area contributed by atoms with E-state index in [0.29, 0.717) is 4.47 Å². The molecule has 1 aromatic heterocycles. The van der Waals surface area contributed by atoms with Gasteiger partial charge in [0.1, 0.15) is 0 Å². The maximum atomic E-state index is 10.6. The highest BCUT2D eigenvalue weighted by molar-refractivity contribution is 9.10. The quantitative estimate of drug-likeness (QED) is 0.591. The Kier molecular flexibility index (Phi) is 2.24. The van der Waals surface area contributed by atoms with Crippen LogP contribution in [0, 0.1) is 17.0 Å². The van der Waals surface area contributed by atoms with Crippen LogP contribution in [0.3, 0.4) is 0 Å². The molecule has 1 heterocycles. The van der Waals surface area contributed by atoms with Gasteiger partial charge in [-0.15, -0.1) is 11.3 Å². The fourth-order valence-electron chi connectivity index (χ4n) is 1.19. The summed E-state index contributed by atoms with van der Waals surface area (Å²) >= 11 is 4.72. The molecule has 0 aliphatic carbocycles. The lowest BCUT2D eigenvalue weighted by Gasteiger charge is -1.93. The summed E-state index contributed by atoms with van der Waals surface area (Å²) in [6, 6.07) is 3.02. The number of non-ortho nitro benzene ring substituents is 1. The molecule has 0 amide bonds. The van der Waals surface area contributed by atoms with E-state index in [1.165, 1.54) is 17.4 Å². The number of aromatic nitrogens is 1. The highest BCUT2D eigenvalue weighted by atomic mass is 79.9. The highest BCUT2D eigenvalue weighted by Gasteiger charge is 2.12. The van der Waals surface area contributed by atoms with Crippen LogP contribution in [-0.2, 0) is 0 Å². The normalized spacial score (nSPS) is 10.7. The van der Waals surface area contributed by atoms with Gasteiger partial charge in [-0.2, -0.15) is 0 Å². The Balaban J connectivity index is 2.77. The molecule has 0 fully saturated rings. The zero-order chi connectivity index (χ0) is 10.3. The van der Waals surface area contributed by atoms with Crippen molar-refractivity contribution in [3.05, 3.63) is 31.7 Å². The van der Waals surface area contributed by atoms with Crippen molar-refractivity contribution in [2.24, 2.45) is 0 Å². The molecule has 1 aromatic carbocycles. The number of benzene rings is 1. The molecule has 0 aliphatic rings. The van der Waals surface area contributed by atoms with Crippen molar-refractivity contribution < 1.29 is 4.92 Å². The maximum absolute atomic E-state index is 10.6. The molecule has 0 spiro atoms. The molecular weight excluding hydrogens is 268 g/mol. The third kappa shape index (κ3) is 1.51. The molecule has 2 aromatic rings. The van der Waals surface area contributed by atoms with E-state index in [0.717, 1.165) is 15.2 Å². The van der Waals surface area contributed by atoms with Crippen LogP contribution >= 0.6 is 27.3 Å². The first-order chi connectivity index (χ1) is 6.58. The number of fused-ring (bicyclic) bond motifs is 1. The van der Waals surface area contributed by atoms with Gasteiger partial charge in [-0.25, -0.2) is 4.98 Å². The first-order valence-corrected chi connectivity index (χ1v) is 5.40. The number of aryl methyl sites for hydroxylation is 1. The summed E-state index contributed by atoms with van der Waals surface area (Å²) in [5, 5.41) is 11.5. The van der Waals surface area contributed by atoms with Gasteiger partial charge in [0.25, 0.3) is 5.69 Å². The van der Waals surface area contributed by atoms with E-state index in [1.54, 1.807) is 6.07 Å². The van der Waals surface area contributed by atoms with E-state index in [-0.39, 0.29) is 5.69 Å². The van der Waals surface area contributed by atoms with E-state index in [4.69, 9.17) is 0 Å². The van der Waals surface area contributed by atoms with Crippen molar-refractivity contribution in [1.29, 1.82) is 0 Å². The lowest BCUT2D eigenvalue weighted by molar-refractivity contribution is -0.384. The summed E-state index contributed by atoms with van der Waals surface area (Å²) in [5.74, 6) is 0. The summed E-state index contributed by atoms with van der Waals surface area (Å²) in [6.45, 7) is 1.88. The second-order valence-electron chi connectivity index (χ2n) is 2.76. The third-order valence-corrected chi connectivity index (χ3v) is 3.27. The highest BCUT2D eigenvalue weighted by Crippen LogP contribution is 2.32. The van der Waals surface area contributed by atoms with Gasteiger partial charge in [0.15, 0.2) is 0 Å². The van der Waals surface area contributed by atoms with Gasteiger partial charge in [0.2, 0.25) is 0 Å². The molecule has 72 valence electrons. The van der Waals surface area contributed by atoms with Gasteiger partial charge in [0, 0.05) is 12.1 Å². The van der Waals surface area contributed by atoms with Crippen molar-refractivity contribution in [3.63, 3.8) is 0 Å². The molecule has 0 aliphatic heterocycles. The van der Waals surface area contributed by atoms with Crippen molar-refractivity contribution >= 4 is 43.2 Å². The Morgan fingerprint density at radius 2 is 2.29 bits per heavy atom. The average Bonchev–Trinajstić information content (AvgIpc) is 2.45. The van der Waals surface area contributed by atoms with Crippen LogP contribution in [0.4, 0.5) is 5.69 Å². The van der Waals surface area contributed by atoms with Gasteiger partial charge in [-0.05, 0) is 22.9 Å². The summed E-state index contributed by atoms with van der Waals surface area (Å²) in [5.41, 5.74) is 0.881. The number of hydrogen-bond acceptors (Lipinski definition) is 4. The zero-order valence-corrected chi connectivity index (χ0v) is 9.55. The number of rotatable bonds is 1. The molecule has 0 radical (unpaired) electrons. The van der Waals surface area contributed by atoms with E-state index >= 15 is 0 Å². The second kappa shape index (κ2) is 3.29. The molecule has 14 heavy (non-hydrogen) atoms. The molecule has 0 saturated heterocycles. The fourth-order valence-corrected chi connectivity index (χ4v) is 2.75. The van der Waals surface area contributed by atoms with E-state index in [1.807, 2.05) is 6.92 Å². The summed E-state index contributed by atoms with van der Waals surface area (Å²) in [7, 11) is 0. The lowest BCUT2D eigenvalue weighted by Crippen LogP contribution is -1.87. The van der Waals surface area contributed by atoms with Crippen molar-refractivity contribution in [1.82, 2.24) is 4.98 Å². The topological polar surface area (TPSA) is 56.0 Å². The minimum Gasteiger partial charge on any atom is -0.258 e. The third-order valence-electron chi connectivity index (χ3n) is 1.75. The molecule has 6 heteroatoms. The Morgan fingerprint density at radius 3 is 2.93 bits per heavy atom. The van der Waals surface area contributed by atoms with Gasteiger partial charge in [0.05, 0.1) is 24.6 Å². The molecule has 2 rings (SSSR count). The van der Waals surface area contributed by atoms with Crippen LogP contribution in [0.25, 0.3) is 10.2 Å². The second-order valence-corrected chi connectivity index (χ2v) is 4.85. The Hall–Kier alpha value is -1.01. The van der Waals surface area contributed by atoms with E-state index < -0.39 is 4.92 Å². The number of nitrogens with zero attached hydrogens (tertiary/aromatic N) is 2. The Labute approximate surface area is 91.9 Å². The summed E-state index contributed by atoms with van der Waals surface area (Å²) in [4.78, 5) is 14.4. The number of thiazole rings is 1. The first kappa shape index (κ1) is 9.54. The zero-order valence-electron chi connectivity index (χ0n) is 7.15. The smallest absolute Gasteiger partial charge is 0.258 e. The van der Waals surface area contributed by atoms with Crippen molar-refractivity contribution in [2.45, 2.75) is 6.92 Å². The molecular formula is C8H5BrN2O2S. The van der Waals surface area contributed by atoms with Gasteiger partial charge in [-0.3, -0.25) is 10.1 Å². The van der Waals surface area contributed by atoms with Gasteiger partial charge in [-0.1, -0.05) is 0 Å². The van der Waals surface area contributed by atoms with Crippen LogP contribution in [0.2, 0.25) is 0 Å². The van der Waals surface area contributed by atoms with Crippen LogP contribution in [0.15, 0.2) is 16.6 Å². The molecule has 0 bridgehead atoms. The van der Waals surface area contributed by atoms with Crippen molar-refractivity contribution in [2.75, 3.05) is 0 Å². The number of nitro groups is 1. The SMILES string of the molecule is Cc1nc2c(Br)cc([N+](=O)[O-])cc2s1. The molecule has 4 nitrogen and oxygen atoms in total. The van der Waals surface area contributed by atoms with E-state index in [9.17, 15) is 10.1 Å². The molecule has 0 unspecified atom stereocenters. The largest absolute Gasteiger partial charge is 0.272 e. The summed E-state index contributed by atoms with van der Waals surface area (Å²) in [6.07, 6.45) is 0. The van der Waals surface area contributed by atoms with Gasteiger partial charge < -0.3 is 0 Å². The standard InChI is InChI=1S/C8H5BrN2O2S/c1-4-10-8-6(9)2-5(11(12)13)3-7(8)14-4/h2-3H,1H3. The first-order valence-electron chi connectivity index (χ1n) is 3.79. The minimum absolute atomic E-state index is 0.0908. The van der Waals surface area contributed by atoms with Crippen LogP contribution < -0.4 is 0 Å². The number of halogens is 1. The average molecular weight is 273 g/mol. The monoisotopic (exact) mass is 272 g/mol. The van der Waals surface area contributed by atoms with Crippen LogP contribution in [-0.4, -0.2) is 9.91 Å². The fraction of sp³-hybridized carbons (Fsp3) is 0.125. The minimum atomic E-state index is -0.404. The molecule has 0 saturated carbocycles. The van der Waals surface area contributed by atoms with Crippen LogP contribution in [0.5, 0.6) is 0 Å². The predicted molar refractivity (Wildman–Crippen MR) is 58.7 cm³/mol. The Morgan fingerprint density at radius 1 is 1.57 bits per heavy atom. The van der Waals surface area contributed by atoms with Gasteiger partial charge >= 0.3 is 0 Å². The van der Waals surface area contributed by atoms with Crippen LogP contribution in [0.1, 0.15) is 5.01 Å². The lowest BCUT2D eigenvalue weighted by atomic mass is 10.3. The Bertz CT molecular complexity index is 523. The molecule has 0 atom stereocenters. The summed E-state index contributed by atoms with van der Waals surface area (Å²) < 4.78 is 1.51. The number of hydrogen-bond donors (Lipinski definition) is 0. The molecule has 0 N–H and O–H groups in total. The van der Waals surface area contributed by atoms with Crippen molar-refractivity contribution in [3.8, 4) is 0 Å².